The number of hydrogen-bond acceptors (Lipinski definition) is 7. The molecule has 0 spiro atoms. The Balaban J connectivity index is 1.64. The zero-order chi connectivity index (χ0) is 24.7. The maximum absolute atomic E-state index is 13.0. The van der Waals surface area contributed by atoms with Gasteiger partial charge >= 0.3 is 0 Å². The van der Waals surface area contributed by atoms with Crippen molar-refractivity contribution in [3.05, 3.63) is 93.5 Å². The molecule has 4 rings (SSSR count). The number of rotatable bonds is 5. The standard InChI is InChI=1S/C25H18N2O7/c1-12-3-5-18(7-13(12)2)27-22(29)19-6-4-14(11-20(19)23(27)30)21(28)26-17-9-15(24(31)32)8-16(10-17)25(33)34/h3-11H,1-2H3,(H,26,28)(H,31,32)(H,33,34)/p-2. The molecule has 0 saturated heterocycles. The van der Waals surface area contributed by atoms with E-state index >= 15 is 0 Å². The molecule has 3 aromatic carbocycles. The van der Waals surface area contributed by atoms with Crippen molar-refractivity contribution >= 4 is 41.0 Å². The number of aryl methyl sites for hydroxylation is 2. The molecule has 1 aliphatic heterocycles. The molecule has 9 nitrogen and oxygen atoms in total. The second-order valence-electron chi connectivity index (χ2n) is 7.80. The van der Waals surface area contributed by atoms with Gasteiger partial charge in [-0.3, -0.25) is 14.4 Å². The fourth-order valence-electron chi connectivity index (χ4n) is 3.62. The molecule has 3 aromatic rings. The van der Waals surface area contributed by atoms with E-state index in [1.807, 2.05) is 13.8 Å². The van der Waals surface area contributed by atoms with Crippen molar-refractivity contribution < 1.29 is 34.2 Å². The lowest BCUT2D eigenvalue weighted by Crippen LogP contribution is -2.29. The summed E-state index contributed by atoms with van der Waals surface area (Å²) in [6, 6.07) is 12.1. The highest BCUT2D eigenvalue weighted by molar-refractivity contribution is 6.34. The molecular weight excluding hydrogens is 440 g/mol. The van der Waals surface area contributed by atoms with E-state index in [9.17, 15) is 34.2 Å². The number of carbonyl (C=O) groups excluding carboxylic acids is 5. The molecule has 1 N–H and O–H groups in total. The molecule has 0 unspecified atom stereocenters. The number of amides is 3. The van der Waals surface area contributed by atoms with Crippen LogP contribution < -0.4 is 20.4 Å². The number of carbonyl (C=O) groups is 5. The molecule has 1 heterocycles. The molecule has 0 aromatic heterocycles. The van der Waals surface area contributed by atoms with Crippen molar-refractivity contribution in [2.75, 3.05) is 10.2 Å². The monoisotopic (exact) mass is 456 g/mol. The van der Waals surface area contributed by atoms with Gasteiger partial charge < -0.3 is 25.1 Å². The Bertz CT molecular complexity index is 1390. The Labute approximate surface area is 193 Å². The predicted molar refractivity (Wildman–Crippen MR) is 117 cm³/mol. The molecule has 9 heteroatoms. The van der Waals surface area contributed by atoms with Crippen molar-refractivity contribution in [2.24, 2.45) is 0 Å². The summed E-state index contributed by atoms with van der Waals surface area (Å²) in [4.78, 5) is 62.0. The Morgan fingerprint density at radius 1 is 0.706 bits per heavy atom. The third kappa shape index (κ3) is 3.90. The van der Waals surface area contributed by atoms with Crippen LogP contribution in [0.2, 0.25) is 0 Å². The first-order valence-electron chi connectivity index (χ1n) is 10.1. The minimum atomic E-state index is -1.63. The number of nitrogens with zero attached hydrogens (tertiary/aromatic N) is 1. The van der Waals surface area contributed by atoms with Gasteiger partial charge in [-0.25, -0.2) is 4.90 Å². The minimum Gasteiger partial charge on any atom is -0.545 e. The Morgan fingerprint density at radius 2 is 1.32 bits per heavy atom. The first kappa shape index (κ1) is 22.4. The number of benzene rings is 3. The van der Waals surface area contributed by atoms with E-state index in [4.69, 9.17) is 0 Å². The highest BCUT2D eigenvalue weighted by Crippen LogP contribution is 2.30. The molecule has 0 fully saturated rings. The minimum absolute atomic E-state index is 0.00990. The fraction of sp³-hybridized carbons (Fsp3) is 0.0800. The summed E-state index contributed by atoms with van der Waals surface area (Å²) >= 11 is 0. The van der Waals surface area contributed by atoms with E-state index in [1.54, 1.807) is 18.2 Å². The molecule has 0 atom stereocenters. The maximum atomic E-state index is 13.0. The number of nitrogens with one attached hydrogen (secondary N) is 1. The van der Waals surface area contributed by atoms with Crippen molar-refractivity contribution in [3.8, 4) is 0 Å². The summed E-state index contributed by atoms with van der Waals surface area (Å²) in [7, 11) is 0. The normalized spacial score (nSPS) is 12.5. The van der Waals surface area contributed by atoms with Crippen LogP contribution in [0.1, 0.15) is 62.9 Å². The average molecular weight is 456 g/mol. The zero-order valence-electron chi connectivity index (χ0n) is 18.0. The smallest absolute Gasteiger partial charge is 0.266 e. The molecule has 0 radical (unpaired) electrons. The number of anilines is 2. The summed E-state index contributed by atoms with van der Waals surface area (Å²) in [5, 5.41) is 24.7. The van der Waals surface area contributed by atoms with Gasteiger partial charge in [0.2, 0.25) is 0 Å². The van der Waals surface area contributed by atoms with Gasteiger partial charge in [-0.05, 0) is 84.6 Å². The van der Waals surface area contributed by atoms with E-state index in [0.717, 1.165) is 34.2 Å². The highest BCUT2D eigenvalue weighted by Gasteiger charge is 2.37. The molecule has 0 aliphatic carbocycles. The molecule has 1 aliphatic rings. The van der Waals surface area contributed by atoms with E-state index in [1.165, 1.54) is 18.2 Å². The molecule has 170 valence electrons. The Hall–Kier alpha value is -4.79. The van der Waals surface area contributed by atoms with Crippen LogP contribution in [0.3, 0.4) is 0 Å². The van der Waals surface area contributed by atoms with Crippen molar-refractivity contribution in [2.45, 2.75) is 13.8 Å². The summed E-state index contributed by atoms with van der Waals surface area (Å²) in [6.45, 7) is 3.77. The third-order valence-corrected chi connectivity index (χ3v) is 5.56. The second-order valence-corrected chi connectivity index (χ2v) is 7.80. The number of imide groups is 1. The van der Waals surface area contributed by atoms with Crippen LogP contribution in [-0.4, -0.2) is 29.7 Å². The third-order valence-electron chi connectivity index (χ3n) is 5.56. The van der Waals surface area contributed by atoms with Gasteiger partial charge in [0.25, 0.3) is 17.7 Å². The van der Waals surface area contributed by atoms with Crippen molar-refractivity contribution in [1.29, 1.82) is 0 Å². The largest absolute Gasteiger partial charge is 0.545 e. The lowest BCUT2D eigenvalue weighted by atomic mass is 10.0. The van der Waals surface area contributed by atoms with Crippen LogP contribution in [0.4, 0.5) is 11.4 Å². The molecule has 34 heavy (non-hydrogen) atoms. The van der Waals surface area contributed by atoms with Gasteiger partial charge in [-0.2, -0.15) is 0 Å². The summed E-state index contributed by atoms with van der Waals surface area (Å²) in [6.07, 6.45) is 0. The zero-order valence-corrected chi connectivity index (χ0v) is 18.0. The lowest BCUT2D eigenvalue weighted by Gasteiger charge is -2.15. The quantitative estimate of drug-likeness (QED) is 0.565. The summed E-state index contributed by atoms with van der Waals surface area (Å²) in [5.74, 6) is -5.11. The van der Waals surface area contributed by atoms with Gasteiger partial charge in [0.05, 0.1) is 28.8 Å². The first-order valence-corrected chi connectivity index (χ1v) is 10.1. The maximum Gasteiger partial charge on any atom is 0.266 e. The number of aromatic carboxylic acids is 2. The van der Waals surface area contributed by atoms with Gasteiger partial charge in [0, 0.05) is 11.3 Å². The Kier molecular flexibility index (Phi) is 5.46. The molecule has 0 saturated carbocycles. The van der Waals surface area contributed by atoms with Gasteiger partial charge in [0.1, 0.15) is 0 Å². The van der Waals surface area contributed by atoms with Crippen molar-refractivity contribution in [3.63, 3.8) is 0 Å². The second kappa shape index (κ2) is 8.28. The van der Waals surface area contributed by atoms with Crippen LogP contribution in [0, 0.1) is 13.8 Å². The van der Waals surface area contributed by atoms with E-state index in [2.05, 4.69) is 5.32 Å². The van der Waals surface area contributed by atoms with Crippen LogP contribution >= 0.6 is 0 Å². The molecule has 0 bridgehead atoms. The van der Waals surface area contributed by atoms with Crippen LogP contribution in [0.25, 0.3) is 0 Å². The average Bonchev–Trinajstić information content (AvgIpc) is 3.05. The lowest BCUT2D eigenvalue weighted by molar-refractivity contribution is -0.255. The number of carboxylic acids is 2. The molecular formula is C25H16N2O7-2. The van der Waals surface area contributed by atoms with Gasteiger partial charge in [0.15, 0.2) is 0 Å². The van der Waals surface area contributed by atoms with Crippen LogP contribution in [0.5, 0.6) is 0 Å². The highest BCUT2D eigenvalue weighted by atomic mass is 16.4. The number of carboxylic acid groups (broad SMARTS) is 2. The Morgan fingerprint density at radius 3 is 1.91 bits per heavy atom. The summed E-state index contributed by atoms with van der Waals surface area (Å²) < 4.78 is 0. The van der Waals surface area contributed by atoms with Crippen LogP contribution in [-0.2, 0) is 0 Å². The van der Waals surface area contributed by atoms with E-state index in [-0.39, 0.29) is 22.4 Å². The number of fused-ring (bicyclic) bond motifs is 1. The predicted octanol–water partition coefficient (Wildman–Crippen LogP) is 1.08. The van der Waals surface area contributed by atoms with E-state index < -0.39 is 40.8 Å². The SMILES string of the molecule is Cc1ccc(N2C(=O)c3ccc(C(=O)Nc4cc(C(=O)[O-])cc(C(=O)[O-])c4)cc3C2=O)cc1C. The first-order chi connectivity index (χ1) is 16.1. The fourth-order valence-corrected chi connectivity index (χ4v) is 3.62. The van der Waals surface area contributed by atoms with Gasteiger partial charge in [-0.15, -0.1) is 0 Å². The van der Waals surface area contributed by atoms with Gasteiger partial charge in [-0.1, -0.05) is 6.07 Å². The number of hydrogen-bond donors (Lipinski definition) is 1. The summed E-state index contributed by atoms with van der Waals surface area (Å²) in [5.41, 5.74) is 1.46. The molecule has 3 amide bonds. The van der Waals surface area contributed by atoms with Crippen molar-refractivity contribution in [1.82, 2.24) is 0 Å². The van der Waals surface area contributed by atoms with E-state index in [0.29, 0.717) is 5.69 Å². The van der Waals surface area contributed by atoms with Crippen LogP contribution in [0.15, 0.2) is 54.6 Å². The topological polar surface area (TPSA) is 147 Å².